The molecule has 0 unspecified atom stereocenters. The van der Waals surface area contributed by atoms with Gasteiger partial charge in [-0.2, -0.15) is 10.2 Å². The summed E-state index contributed by atoms with van der Waals surface area (Å²) in [5, 5.41) is 11.6. The standard InChI is InChI=1S/C27H24N4OS/c28-20-24-27(32-25(29-24)14-13-23-12-7-19-33-23)31-17-15-30(16-18-31)26(21-8-3-1-4-9-21)22-10-5-2-6-11-22/h1-14,19,26H,15-18H2/b14-13+. The maximum absolute atomic E-state index is 9.62. The molecule has 164 valence electrons. The number of benzene rings is 2. The molecule has 0 radical (unpaired) electrons. The van der Waals surface area contributed by atoms with Crippen molar-refractivity contribution >= 4 is 29.4 Å². The Labute approximate surface area is 197 Å². The lowest BCUT2D eigenvalue weighted by Gasteiger charge is -2.39. The Morgan fingerprint density at radius 3 is 2.12 bits per heavy atom. The highest BCUT2D eigenvalue weighted by Gasteiger charge is 2.29. The van der Waals surface area contributed by atoms with E-state index >= 15 is 0 Å². The third kappa shape index (κ3) is 4.75. The van der Waals surface area contributed by atoms with Crippen molar-refractivity contribution in [3.8, 4) is 6.07 Å². The topological polar surface area (TPSA) is 56.3 Å². The summed E-state index contributed by atoms with van der Waals surface area (Å²) in [5.74, 6) is 1.03. The van der Waals surface area contributed by atoms with Crippen LogP contribution in [0.1, 0.15) is 33.6 Å². The zero-order valence-electron chi connectivity index (χ0n) is 18.2. The van der Waals surface area contributed by atoms with E-state index in [-0.39, 0.29) is 6.04 Å². The normalized spacial score (nSPS) is 14.7. The Morgan fingerprint density at radius 1 is 0.879 bits per heavy atom. The van der Waals surface area contributed by atoms with E-state index < -0.39 is 0 Å². The molecule has 5 nitrogen and oxygen atoms in total. The van der Waals surface area contributed by atoms with Crippen LogP contribution in [0.25, 0.3) is 12.2 Å². The highest BCUT2D eigenvalue weighted by Crippen LogP contribution is 2.31. The monoisotopic (exact) mass is 452 g/mol. The summed E-state index contributed by atoms with van der Waals surface area (Å²) in [5.41, 5.74) is 2.92. The first kappa shape index (κ1) is 21.2. The molecule has 2 aromatic heterocycles. The first-order valence-electron chi connectivity index (χ1n) is 11.0. The SMILES string of the molecule is N#Cc1nc(/C=C/c2cccs2)oc1N1CCN(C(c2ccccc2)c2ccccc2)CC1. The van der Waals surface area contributed by atoms with Gasteiger partial charge >= 0.3 is 0 Å². The quantitative estimate of drug-likeness (QED) is 0.376. The number of piperazine rings is 1. The molecule has 4 aromatic rings. The van der Waals surface area contributed by atoms with Gasteiger partial charge in [0.05, 0.1) is 6.04 Å². The molecule has 0 amide bonds. The lowest BCUT2D eigenvalue weighted by atomic mass is 9.96. The van der Waals surface area contributed by atoms with Gasteiger partial charge in [0, 0.05) is 37.1 Å². The van der Waals surface area contributed by atoms with Crippen LogP contribution in [0.3, 0.4) is 0 Å². The van der Waals surface area contributed by atoms with Gasteiger partial charge in [0.2, 0.25) is 17.5 Å². The first-order valence-corrected chi connectivity index (χ1v) is 11.9. The Kier molecular flexibility index (Phi) is 6.34. The van der Waals surface area contributed by atoms with Crippen LogP contribution in [-0.2, 0) is 0 Å². The number of nitrogens with zero attached hydrogens (tertiary/aromatic N) is 4. The zero-order chi connectivity index (χ0) is 22.5. The number of rotatable bonds is 6. The summed E-state index contributed by atoms with van der Waals surface area (Å²) >= 11 is 1.65. The average molecular weight is 453 g/mol. The zero-order valence-corrected chi connectivity index (χ0v) is 19.0. The number of hydrogen-bond donors (Lipinski definition) is 0. The van der Waals surface area contributed by atoms with Crippen molar-refractivity contribution < 1.29 is 4.42 Å². The fourth-order valence-electron chi connectivity index (χ4n) is 4.29. The highest BCUT2D eigenvalue weighted by atomic mass is 32.1. The third-order valence-corrected chi connectivity index (χ3v) is 6.70. The van der Waals surface area contributed by atoms with Crippen LogP contribution in [0.5, 0.6) is 0 Å². The smallest absolute Gasteiger partial charge is 0.235 e. The minimum atomic E-state index is 0.198. The molecule has 0 aliphatic carbocycles. The molecule has 2 aromatic carbocycles. The van der Waals surface area contributed by atoms with E-state index in [2.05, 4.69) is 81.5 Å². The van der Waals surface area contributed by atoms with Crippen molar-refractivity contribution in [1.82, 2.24) is 9.88 Å². The lowest BCUT2D eigenvalue weighted by Crippen LogP contribution is -2.48. The average Bonchev–Trinajstić information content (AvgIpc) is 3.55. The second kappa shape index (κ2) is 9.86. The van der Waals surface area contributed by atoms with Crippen molar-refractivity contribution in [2.45, 2.75) is 6.04 Å². The van der Waals surface area contributed by atoms with Crippen molar-refractivity contribution in [1.29, 1.82) is 5.26 Å². The van der Waals surface area contributed by atoms with Gasteiger partial charge in [-0.1, -0.05) is 66.7 Å². The van der Waals surface area contributed by atoms with Crippen LogP contribution in [0, 0.1) is 11.3 Å². The number of hydrogen-bond acceptors (Lipinski definition) is 6. The summed E-state index contributed by atoms with van der Waals surface area (Å²) in [6.45, 7) is 3.27. The van der Waals surface area contributed by atoms with Crippen LogP contribution >= 0.6 is 11.3 Å². The molecule has 0 atom stereocenters. The van der Waals surface area contributed by atoms with Crippen LogP contribution in [0.15, 0.2) is 82.6 Å². The van der Waals surface area contributed by atoms with E-state index in [1.807, 2.05) is 29.7 Å². The second-order valence-corrected chi connectivity index (χ2v) is 8.89. The summed E-state index contributed by atoms with van der Waals surface area (Å²) < 4.78 is 6.00. The van der Waals surface area contributed by atoms with E-state index in [0.717, 1.165) is 31.1 Å². The van der Waals surface area contributed by atoms with Crippen LogP contribution in [0.4, 0.5) is 5.88 Å². The predicted octanol–water partition coefficient (Wildman–Crippen LogP) is 5.69. The third-order valence-electron chi connectivity index (χ3n) is 5.86. The van der Waals surface area contributed by atoms with Crippen LogP contribution < -0.4 is 4.90 Å². The van der Waals surface area contributed by atoms with Gasteiger partial charge in [-0.15, -0.1) is 11.3 Å². The molecule has 3 heterocycles. The molecule has 0 saturated carbocycles. The Balaban J connectivity index is 1.33. The van der Waals surface area contributed by atoms with Gasteiger partial charge in [0.25, 0.3) is 0 Å². The molecule has 5 rings (SSSR count). The molecule has 1 saturated heterocycles. The van der Waals surface area contributed by atoms with E-state index in [0.29, 0.717) is 17.5 Å². The molecule has 1 aliphatic rings. The number of thiophene rings is 1. The van der Waals surface area contributed by atoms with Crippen molar-refractivity contribution in [3.63, 3.8) is 0 Å². The summed E-state index contributed by atoms with van der Waals surface area (Å²) in [7, 11) is 0. The van der Waals surface area contributed by atoms with E-state index in [4.69, 9.17) is 4.42 Å². The Morgan fingerprint density at radius 2 is 1.55 bits per heavy atom. The molecular weight excluding hydrogens is 428 g/mol. The van der Waals surface area contributed by atoms with Gasteiger partial charge in [-0.3, -0.25) is 4.90 Å². The molecule has 1 fully saturated rings. The minimum absolute atomic E-state index is 0.198. The summed E-state index contributed by atoms with van der Waals surface area (Å²) in [6.07, 6.45) is 3.79. The molecule has 6 heteroatoms. The number of aromatic nitrogens is 1. The van der Waals surface area contributed by atoms with Gasteiger partial charge in [-0.05, 0) is 28.6 Å². The largest absolute Gasteiger partial charge is 0.420 e. The highest BCUT2D eigenvalue weighted by molar-refractivity contribution is 7.10. The molecule has 1 aliphatic heterocycles. The summed E-state index contributed by atoms with van der Waals surface area (Å²) in [6, 6.07) is 27.7. The van der Waals surface area contributed by atoms with Gasteiger partial charge in [0.1, 0.15) is 6.07 Å². The Bertz CT molecular complexity index is 1200. The fourth-order valence-corrected chi connectivity index (χ4v) is 4.91. The number of nitriles is 1. The summed E-state index contributed by atoms with van der Waals surface area (Å²) in [4.78, 5) is 10.1. The predicted molar refractivity (Wildman–Crippen MR) is 133 cm³/mol. The second-order valence-electron chi connectivity index (χ2n) is 7.91. The molecule has 33 heavy (non-hydrogen) atoms. The van der Waals surface area contributed by atoms with Crippen molar-refractivity contribution in [3.05, 3.63) is 106 Å². The van der Waals surface area contributed by atoms with Gasteiger partial charge in [-0.25, -0.2) is 0 Å². The molecular formula is C27H24N4OS. The van der Waals surface area contributed by atoms with Crippen molar-refractivity contribution in [2.75, 3.05) is 31.1 Å². The van der Waals surface area contributed by atoms with Crippen LogP contribution in [0.2, 0.25) is 0 Å². The maximum atomic E-state index is 9.62. The Hall–Kier alpha value is -3.66. The molecule has 0 N–H and O–H groups in total. The maximum Gasteiger partial charge on any atom is 0.235 e. The lowest BCUT2D eigenvalue weighted by molar-refractivity contribution is 0.209. The fraction of sp³-hybridized carbons (Fsp3) is 0.185. The van der Waals surface area contributed by atoms with Crippen LogP contribution in [-0.4, -0.2) is 36.1 Å². The van der Waals surface area contributed by atoms with E-state index in [9.17, 15) is 5.26 Å². The molecule has 0 bridgehead atoms. The van der Waals surface area contributed by atoms with Crippen molar-refractivity contribution in [2.24, 2.45) is 0 Å². The number of anilines is 1. The number of oxazole rings is 1. The first-order chi connectivity index (χ1) is 16.3. The van der Waals surface area contributed by atoms with E-state index in [1.165, 1.54) is 11.1 Å². The minimum Gasteiger partial charge on any atom is -0.420 e. The van der Waals surface area contributed by atoms with Gasteiger partial charge < -0.3 is 9.32 Å². The van der Waals surface area contributed by atoms with E-state index in [1.54, 1.807) is 11.3 Å². The molecule has 0 spiro atoms. The van der Waals surface area contributed by atoms with Gasteiger partial charge in [0.15, 0.2) is 0 Å².